The van der Waals surface area contributed by atoms with Crippen LogP contribution in [0.25, 0.3) is 0 Å². The fourth-order valence-corrected chi connectivity index (χ4v) is 4.21. The van der Waals surface area contributed by atoms with Gasteiger partial charge in [-0.25, -0.2) is 0 Å². The van der Waals surface area contributed by atoms with Gasteiger partial charge < -0.3 is 10.1 Å². The monoisotopic (exact) mass is 281 g/mol. The molecular weight excluding hydrogens is 246 g/mol. The molecule has 0 radical (unpaired) electrons. The minimum Gasteiger partial charge on any atom is -0.381 e. The van der Waals surface area contributed by atoms with Crippen molar-refractivity contribution in [3.05, 3.63) is 0 Å². The molecule has 1 saturated heterocycles. The average Bonchev–Trinajstić information content (AvgIpc) is 2.93. The molecule has 2 heteroatoms. The fourth-order valence-electron chi connectivity index (χ4n) is 4.21. The molecule has 20 heavy (non-hydrogen) atoms. The van der Waals surface area contributed by atoms with Gasteiger partial charge in [0.1, 0.15) is 0 Å². The highest BCUT2D eigenvalue weighted by Gasteiger charge is 2.36. The molecule has 1 N–H and O–H groups in total. The molecular formula is C18H35NO. The molecule has 0 aromatic rings. The summed E-state index contributed by atoms with van der Waals surface area (Å²) in [6.45, 7) is 12.6. The van der Waals surface area contributed by atoms with Crippen LogP contribution in [-0.2, 0) is 4.74 Å². The van der Waals surface area contributed by atoms with Crippen LogP contribution < -0.4 is 5.32 Å². The molecule has 2 aliphatic rings. The first-order valence-corrected chi connectivity index (χ1v) is 8.83. The summed E-state index contributed by atoms with van der Waals surface area (Å²) in [5.74, 6) is 2.56. The number of nitrogens with one attached hydrogen (secondary N) is 1. The molecule has 1 saturated carbocycles. The van der Waals surface area contributed by atoms with E-state index >= 15 is 0 Å². The summed E-state index contributed by atoms with van der Waals surface area (Å²) in [6.07, 6.45) is 8.18. The van der Waals surface area contributed by atoms with Gasteiger partial charge in [0.2, 0.25) is 0 Å². The van der Waals surface area contributed by atoms with Gasteiger partial charge in [0.15, 0.2) is 0 Å². The molecule has 2 atom stereocenters. The second-order valence-corrected chi connectivity index (χ2v) is 8.08. The zero-order valence-electron chi connectivity index (χ0n) is 14.1. The van der Waals surface area contributed by atoms with Crippen LogP contribution in [0, 0.1) is 23.2 Å². The third kappa shape index (κ3) is 4.21. The summed E-state index contributed by atoms with van der Waals surface area (Å²) in [7, 11) is 0. The van der Waals surface area contributed by atoms with E-state index < -0.39 is 0 Å². The van der Waals surface area contributed by atoms with Crippen LogP contribution in [-0.4, -0.2) is 25.8 Å². The van der Waals surface area contributed by atoms with Crippen LogP contribution >= 0.6 is 0 Å². The van der Waals surface area contributed by atoms with E-state index in [-0.39, 0.29) is 0 Å². The molecule has 1 aliphatic carbocycles. The van der Waals surface area contributed by atoms with E-state index in [1.807, 2.05) is 0 Å². The second-order valence-electron chi connectivity index (χ2n) is 8.08. The van der Waals surface area contributed by atoms with E-state index in [2.05, 4.69) is 33.0 Å². The Kier molecular flexibility index (Phi) is 5.92. The van der Waals surface area contributed by atoms with Crippen molar-refractivity contribution in [2.24, 2.45) is 23.2 Å². The molecule has 2 rings (SSSR count). The van der Waals surface area contributed by atoms with Crippen molar-refractivity contribution in [2.45, 2.75) is 72.3 Å². The van der Waals surface area contributed by atoms with Crippen LogP contribution in [0.1, 0.15) is 66.2 Å². The van der Waals surface area contributed by atoms with Crippen molar-refractivity contribution < 1.29 is 4.74 Å². The normalized spacial score (nSPS) is 33.3. The van der Waals surface area contributed by atoms with E-state index in [0.717, 1.165) is 31.0 Å². The molecule has 2 nitrogen and oxygen atoms in total. The summed E-state index contributed by atoms with van der Waals surface area (Å²) in [5.41, 5.74) is 0.494. The molecule has 0 aromatic heterocycles. The van der Waals surface area contributed by atoms with Crippen LogP contribution in [0.5, 0.6) is 0 Å². The lowest BCUT2D eigenvalue weighted by molar-refractivity contribution is 0.108. The predicted molar refractivity (Wildman–Crippen MR) is 85.9 cm³/mol. The Balaban J connectivity index is 1.90. The standard InChI is InChI=1S/C18H35NO/c1-5-11-19-17(15-10-12-20-13-15)14-6-8-16(9-7-14)18(2,3)4/h14-17,19H,5-13H2,1-4H3. The van der Waals surface area contributed by atoms with Crippen molar-refractivity contribution in [3.8, 4) is 0 Å². The molecule has 0 aromatic carbocycles. The molecule has 0 bridgehead atoms. The highest BCUT2D eigenvalue weighted by molar-refractivity contribution is 4.90. The van der Waals surface area contributed by atoms with Gasteiger partial charge >= 0.3 is 0 Å². The van der Waals surface area contributed by atoms with Crippen molar-refractivity contribution in [2.75, 3.05) is 19.8 Å². The first-order valence-electron chi connectivity index (χ1n) is 8.83. The van der Waals surface area contributed by atoms with Gasteiger partial charge in [-0.05, 0) is 62.3 Å². The van der Waals surface area contributed by atoms with Crippen LogP contribution in [0.4, 0.5) is 0 Å². The molecule has 1 heterocycles. The van der Waals surface area contributed by atoms with Crippen molar-refractivity contribution in [1.82, 2.24) is 5.32 Å². The average molecular weight is 281 g/mol. The Bertz CT molecular complexity index is 270. The summed E-state index contributed by atoms with van der Waals surface area (Å²) in [4.78, 5) is 0. The molecule has 0 amide bonds. The van der Waals surface area contributed by atoms with E-state index in [4.69, 9.17) is 4.74 Å². The summed E-state index contributed by atoms with van der Waals surface area (Å²) < 4.78 is 5.64. The smallest absolute Gasteiger partial charge is 0.0510 e. The Labute approximate surface area is 126 Å². The maximum Gasteiger partial charge on any atom is 0.0510 e. The van der Waals surface area contributed by atoms with Gasteiger partial charge in [0.05, 0.1) is 6.61 Å². The van der Waals surface area contributed by atoms with Crippen LogP contribution in [0.3, 0.4) is 0 Å². The molecule has 2 unspecified atom stereocenters. The van der Waals surface area contributed by atoms with Gasteiger partial charge in [-0.2, -0.15) is 0 Å². The van der Waals surface area contributed by atoms with Crippen LogP contribution in [0.2, 0.25) is 0 Å². The largest absolute Gasteiger partial charge is 0.381 e. The van der Waals surface area contributed by atoms with Gasteiger partial charge in [-0.1, -0.05) is 27.7 Å². The van der Waals surface area contributed by atoms with E-state index in [1.54, 1.807) is 0 Å². The van der Waals surface area contributed by atoms with Gasteiger partial charge in [0.25, 0.3) is 0 Å². The van der Waals surface area contributed by atoms with E-state index in [1.165, 1.54) is 45.1 Å². The third-order valence-electron chi connectivity index (χ3n) is 5.61. The minimum absolute atomic E-state index is 0.494. The fraction of sp³-hybridized carbons (Fsp3) is 1.00. The Morgan fingerprint density at radius 1 is 1.05 bits per heavy atom. The molecule has 1 aliphatic heterocycles. The molecule has 0 spiro atoms. The summed E-state index contributed by atoms with van der Waals surface area (Å²) >= 11 is 0. The molecule has 2 fully saturated rings. The first kappa shape index (κ1) is 16.3. The Morgan fingerprint density at radius 3 is 2.25 bits per heavy atom. The number of hydrogen-bond donors (Lipinski definition) is 1. The van der Waals surface area contributed by atoms with Crippen molar-refractivity contribution in [3.63, 3.8) is 0 Å². The number of ether oxygens (including phenoxy) is 1. The van der Waals surface area contributed by atoms with Gasteiger partial charge in [-0.15, -0.1) is 0 Å². The lowest BCUT2D eigenvalue weighted by Crippen LogP contribution is -2.45. The van der Waals surface area contributed by atoms with Crippen LogP contribution in [0.15, 0.2) is 0 Å². The van der Waals surface area contributed by atoms with Gasteiger partial charge in [-0.3, -0.25) is 0 Å². The minimum atomic E-state index is 0.494. The molecule has 118 valence electrons. The Morgan fingerprint density at radius 2 is 1.75 bits per heavy atom. The number of hydrogen-bond acceptors (Lipinski definition) is 2. The third-order valence-corrected chi connectivity index (χ3v) is 5.61. The van der Waals surface area contributed by atoms with Gasteiger partial charge in [0, 0.05) is 18.6 Å². The first-order chi connectivity index (χ1) is 9.52. The van der Waals surface area contributed by atoms with Crippen molar-refractivity contribution >= 4 is 0 Å². The zero-order chi connectivity index (χ0) is 14.6. The lowest BCUT2D eigenvalue weighted by atomic mass is 9.67. The lowest BCUT2D eigenvalue weighted by Gasteiger charge is -2.41. The SMILES string of the molecule is CCCNC(C1CCC(C(C)(C)C)CC1)C1CCOC1. The Hall–Kier alpha value is -0.0800. The van der Waals surface area contributed by atoms with E-state index in [0.29, 0.717) is 11.5 Å². The summed E-state index contributed by atoms with van der Waals surface area (Å²) in [6, 6.07) is 0.707. The topological polar surface area (TPSA) is 21.3 Å². The second kappa shape index (κ2) is 7.26. The number of rotatable bonds is 5. The summed E-state index contributed by atoms with van der Waals surface area (Å²) in [5, 5.41) is 3.85. The van der Waals surface area contributed by atoms with E-state index in [9.17, 15) is 0 Å². The maximum atomic E-state index is 5.64. The highest BCUT2D eigenvalue weighted by Crippen LogP contribution is 2.42. The quantitative estimate of drug-likeness (QED) is 0.813. The maximum absolute atomic E-state index is 5.64. The highest BCUT2D eigenvalue weighted by atomic mass is 16.5. The zero-order valence-corrected chi connectivity index (χ0v) is 14.1. The van der Waals surface area contributed by atoms with Crippen molar-refractivity contribution in [1.29, 1.82) is 0 Å². The predicted octanol–water partition coefficient (Wildman–Crippen LogP) is 4.24.